The maximum atomic E-state index is 11.3. The van der Waals surface area contributed by atoms with E-state index in [1.54, 1.807) is 0 Å². The minimum absolute atomic E-state index is 0.0977. The van der Waals surface area contributed by atoms with Crippen molar-refractivity contribution >= 4 is 11.7 Å². The Hall–Kier alpha value is -1.55. The SMILES string of the molecule is Cc1ccc(N(CC(=O)O)C2CCN3CCCC3C2)cc1. The highest BCUT2D eigenvalue weighted by molar-refractivity contribution is 5.74. The lowest BCUT2D eigenvalue weighted by atomic mass is 9.95. The predicted molar refractivity (Wildman–Crippen MR) is 83.8 cm³/mol. The lowest BCUT2D eigenvalue weighted by Gasteiger charge is -2.41. The van der Waals surface area contributed by atoms with E-state index in [0.29, 0.717) is 12.1 Å². The standard InChI is InChI=1S/C17H24N2O2/c1-13-4-6-14(7-5-13)19(12-17(20)21)16-8-10-18-9-2-3-15(18)11-16/h4-7,15-16H,2-3,8-12H2,1H3,(H,20,21). The van der Waals surface area contributed by atoms with Crippen molar-refractivity contribution in [3.05, 3.63) is 29.8 Å². The second-order valence-corrected chi connectivity index (χ2v) is 6.37. The average molecular weight is 288 g/mol. The van der Waals surface area contributed by atoms with Crippen molar-refractivity contribution < 1.29 is 9.90 Å². The van der Waals surface area contributed by atoms with Crippen LogP contribution in [0.1, 0.15) is 31.2 Å². The molecule has 0 aromatic heterocycles. The van der Waals surface area contributed by atoms with Crippen LogP contribution in [0, 0.1) is 6.92 Å². The summed E-state index contributed by atoms with van der Waals surface area (Å²) >= 11 is 0. The summed E-state index contributed by atoms with van der Waals surface area (Å²) < 4.78 is 0. The van der Waals surface area contributed by atoms with Crippen LogP contribution in [0.15, 0.2) is 24.3 Å². The van der Waals surface area contributed by atoms with E-state index in [0.717, 1.165) is 25.1 Å². The Bertz CT molecular complexity index is 500. The molecule has 1 N–H and O–H groups in total. The molecule has 0 aliphatic carbocycles. The second-order valence-electron chi connectivity index (χ2n) is 6.37. The molecule has 0 bridgehead atoms. The fourth-order valence-corrected chi connectivity index (χ4v) is 3.80. The number of fused-ring (bicyclic) bond motifs is 1. The molecule has 21 heavy (non-hydrogen) atoms. The number of hydrogen-bond acceptors (Lipinski definition) is 3. The third-order valence-electron chi connectivity index (χ3n) is 4.90. The van der Waals surface area contributed by atoms with Gasteiger partial charge in [0.15, 0.2) is 0 Å². The van der Waals surface area contributed by atoms with E-state index in [1.165, 1.54) is 24.9 Å². The van der Waals surface area contributed by atoms with Gasteiger partial charge < -0.3 is 14.9 Å². The number of aryl methyl sites for hydroxylation is 1. The van der Waals surface area contributed by atoms with Crippen LogP contribution in [0.4, 0.5) is 5.69 Å². The number of carbonyl (C=O) groups is 1. The van der Waals surface area contributed by atoms with E-state index in [1.807, 2.05) is 0 Å². The molecule has 3 rings (SSSR count). The third-order valence-corrected chi connectivity index (χ3v) is 4.90. The largest absolute Gasteiger partial charge is 0.480 e. The molecular formula is C17H24N2O2. The molecule has 0 spiro atoms. The number of carboxylic acids is 1. The van der Waals surface area contributed by atoms with Gasteiger partial charge in [-0.25, -0.2) is 0 Å². The summed E-state index contributed by atoms with van der Waals surface area (Å²) in [6.45, 7) is 4.49. The molecule has 2 saturated heterocycles. The molecule has 4 nitrogen and oxygen atoms in total. The summed E-state index contributed by atoms with van der Waals surface area (Å²) in [4.78, 5) is 15.9. The number of piperidine rings is 1. The first-order chi connectivity index (χ1) is 10.1. The molecule has 2 aliphatic heterocycles. The zero-order valence-electron chi connectivity index (χ0n) is 12.7. The van der Waals surface area contributed by atoms with Crippen LogP contribution in [-0.4, -0.2) is 47.7 Å². The van der Waals surface area contributed by atoms with Crippen molar-refractivity contribution in [1.82, 2.24) is 4.90 Å². The van der Waals surface area contributed by atoms with E-state index in [4.69, 9.17) is 0 Å². The fourth-order valence-electron chi connectivity index (χ4n) is 3.80. The van der Waals surface area contributed by atoms with Gasteiger partial charge in [0, 0.05) is 24.3 Å². The van der Waals surface area contributed by atoms with Gasteiger partial charge in [0.05, 0.1) is 0 Å². The van der Waals surface area contributed by atoms with Gasteiger partial charge in [-0.05, 0) is 51.3 Å². The van der Waals surface area contributed by atoms with E-state index in [9.17, 15) is 9.90 Å². The average Bonchev–Trinajstić information content (AvgIpc) is 2.93. The number of hydrogen-bond donors (Lipinski definition) is 1. The normalized spacial score (nSPS) is 25.6. The molecule has 2 atom stereocenters. The first-order valence-corrected chi connectivity index (χ1v) is 7.92. The molecule has 0 radical (unpaired) electrons. The van der Waals surface area contributed by atoms with Crippen LogP contribution in [0.3, 0.4) is 0 Å². The quantitative estimate of drug-likeness (QED) is 0.924. The topological polar surface area (TPSA) is 43.8 Å². The van der Waals surface area contributed by atoms with Crippen molar-refractivity contribution in [3.63, 3.8) is 0 Å². The van der Waals surface area contributed by atoms with Crippen molar-refractivity contribution in [2.75, 3.05) is 24.5 Å². The molecule has 114 valence electrons. The number of rotatable bonds is 4. The molecule has 2 aliphatic rings. The molecule has 0 saturated carbocycles. The molecular weight excluding hydrogens is 264 g/mol. The highest BCUT2D eigenvalue weighted by atomic mass is 16.4. The van der Waals surface area contributed by atoms with Gasteiger partial charge in [-0.3, -0.25) is 4.79 Å². The highest BCUT2D eigenvalue weighted by Gasteiger charge is 2.34. The summed E-state index contributed by atoms with van der Waals surface area (Å²) in [5, 5.41) is 9.27. The summed E-state index contributed by atoms with van der Waals surface area (Å²) in [7, 11) is 0. The van der Waals surface area contributed by atoms with E-state index in [2.05, 4.69) is 41.0 Å². The van der Waals surface area contributed by atoms with Gasteiger partial charge >= 0.3 is 5.97 Å². The smallest absolute Gasteiger partial charge is 0.323 e. The number of aliphatic carboxylic acids is 1. The maximum Gasteiger partial charge on any atom is 0.323 e. The van der Waals surface area contributed by atoms with Gasteiger partial charge in [-0.2, -0.15) is 0 Å². The van der Waals surface area contributed by atoms with Crippen LogP contribution < -0.4 is 4.90 Å². The molecule has 2 fully saturated rings. The first-order valence-electron chi connectivity index (χ1n) is 7.92. The Morgan fingerprint density at radius 3 is 2.76 bits per heavy atom. The zero-order valence-corrected chi connectivity index (χ0v) is 12.7. The maximum absolute atomic E-state index is 11.3. The van der Waals surface area contributed by atoms with Gasteiger partial charge in [0.1, 0.15) is 6.54 Å². The van der Waals surface area contributed by atoms with E-state index in [-0.39, 0.29) is 6.54 Å². The Labute approximate surface area is 126 Å². The number of benzene rings is 1. The minimum Gasteiger partial charge on any atom is -0.480 e. The Balaban J connectivity index is 1.78. The Kier molecular flexibility index (Phi) is 4.15. The molecule has 0 amide bonds. The molecule has 2 unspecified atom stereocenters. The lowest BCUT2D eigenvalue weighted by molar-refractivity contribution is -0.135. The van der Waals surface area contributed by atoms with Crippen LogP contribution in [-0.2, 0) is 4.79 Å². The highest BCUT2D eigenvalue weighted by Crippen LogP contribution is 2.31. The molecule has 1 aromatic carbocycles. The van der Waals surface area contributed by atoms with Crippen LogP contribution in [0.25, 0.3) is 0 Å². The van der Waals surface area contributed by atoms with E-state index < -0.39 is 5.97 Å². The number of carboxylic acid groups (broad SMARTS) is 1. The summed E-state index contributed by atoms with van der Waals surface area (Å²) in [5.41, 5.74) is 2.25. The third kappa shape index (κ3) is 3.21. The van der Waals surface area contributed by atoms with Crippen molar-refractivity contribution in [2.24, 2.45) is 0 Å². The fraction of sp³-hybridized carbons (Fsp3) is 0.588. The van der Waals surface area contributed by atoms with Crippen molar-refractivity contribution in [3.8, 4) is 0 Å². The monoisotopic (exact) mass is 288 g/mol. The van der Waals surface area contributed by atoms with Gasteiger partial charge in [0.2, 0.25) is 0 Å². The molecule has 1 aromatic rings. The van der Waals surface area contributed by atoms with Gasteiger partial charge in [-0.15, -0.1) is 0 Å². The molecule has 2 heterocycles. The van der Waals surface area contributed by atoms with Crippen LogP contribution in [0.5, 0.6) is 0 Å². The number of nitrogens with zero attached hydrogens (tertiary/aromatic N) is 2. The number of anilines is 1. The summed E-state index contributed by atoms with van der Waals surface area (Å²) in [6, 6.07) is 9.25. The Morgan fingerprint density at radius 2 is 2.05 bits per heavy atom. The van der Waals surface area contributed by atoms with Gasteiger partial charge in [0.25, 0.3) is 0 Å². The van der Waals surface area contributed by atoms with Gasteiger partial charge in [-0.1, -0.05) is 17.7 Å². The van der Waals surface area contributed by atoms with Crippen molar-refractivity contribution in [2.45, 2.75) is 44.7 Å². The van der Waals surface area contributed by atoms with Crippen molar-refractivity contribution in [1.29, 1.82) is 0 Å². The first kappa shape index (κ1) is 14.4. The summed E-state index contributed by atoms with van der Waals surface area (Å²) in [6.07, 6.45) is 4.73. The zero-order chi connectivity index (χ0) is 14.8. The summed E-state index contributed by atoms with van der Waals surface area (Å²) in [5.74, 6) is -0.746. The van der Waals surface area contributed by atoms with E-state index >= 15 is 0 Å². The predicted octanol–water partition coefficient (Wildman–Crippen LogP) is 2.51. The molecule has 4 heteroatoms. The second kappa shape index (κ2) is 6.06. The van der Waals surface area contributed by atoms with Crippen LogP contribution in [0.2, 0.25) is 0 Å². The Morgan fingerprint density at radius 1 is 1.29 bits per heavy atom. The van der Waals surface area contributed by atoms with Crippen LogP contribution >= 0.6 is 0 Å². The lowest BCUT2D eigenvalue weighted by Crippen LogP contribution is -2.49. The minimum atomic E-state index is -0.746.